The van der Waals surface area contributed by atoms with Crippen LogP contribution in [0.4, 0.5) is 11.5 Å². The van der Waals surface area contributed by atoms with Crippen molar-refractivity contribution in [3.8, 4) is 5.75 Å². The minimum absolute atomic E-state index is 0.0232. The summed E-state index contributed by atoms with van der Waals surface area (Å²) in [5.41, 5.74) is 2.65. The van der Waals surface area contributed by atoms with Crippen molar-refractivity contribution in [2.75, 3.05) is 5.32 Å². The Morgan fingerprint density at radius 1 is 1.03 bits per heavy atom. The third kappa shape index (κ3) is 3.70. The maximum atomic E-state index is 11.3. The topological polar surface area (TPSA) is 101 Å². The number of phenols is 1. The van der Waals surface area contributed by atoms with Gasteiger partial charge in [0.25, 0.3) is 5.69 Å². The van der Waals surface area contributed by atoms with Crippen molar-refractivity contribution in [1.82, 2.24) is 9.97 Å². The number of nitro benzene ring substituents is 1. The van der Waals surface area contributed by atoms with Crippen molar-refractivity contribution in [3.05, 3.63) is 99.9 Å². The Morgan fingerprint density at radius 3 is 2.69 bits per heavy atom. The van der Waals surface area contributed by atoms with E-state index in [4.69, 9.17) is 0 Å². The van der Waals surface area contributed by atoms with E-state index in [2.05, 4.69) is 15.3 Å². The predicted octanol–water partition coefficient (Wildman–Crippen LogP) is 4.75. The van der Waals surface area contributed by atoms with Gasteiger partial charge in [-0.25, -0.2) is 4.98 Å². The summed E-state index contributed by atoms with van der Waals surface area (Å²) in [6, 6.07) is 16.9. The Labute approximate surface area is 166 Å². The van der Waals surface area contributed by atoms with Crippen molar-refractivity contribution in [3.63, 3.8) is 0 Å². The Kier molecular flexibility index (Phi) is 4.78. The lowest BCUT2D eigenvalue weighted by Gasteiger charge is -2.22. The quantitative estimate of drug-likeness (QED) is 0.379. The fourth-order valence-electron chi connectivity index (χ4n) is 3.30. The largest absolute Gasteiger partial charge is 0.505 e. The molecule has 4 rings (SSSR count). The number of non-ortho nitro benzene ring substituents is 1. The number of phenolic OH excluding ortho intramolecular Hbond substituents is 1. The molecule has 0 fully saturated rings. The van der Waals surface area contributed by atoms with E-state index in [1.54, 1.807) is 36.7 Å². The highest BCUT2D eigenvalue weighted by atomic mass is 16.6. The van der Waals surface area contributed by atoms with Crippen molar-refractivity contribution in [1.29, 1.82) is 0 Å². The molecule has 0 saturated carbocycles. The minimum Gasteiger partial charge on any atom is -0.505 e. The van der Waals surface area contributed by atoms with Crippen LogP contribution >= 0.6 is 0 Å². The summed E-state index contributed by atoms with van der Waals surface area (Å²) >= 11 is 0. The first-order chi connectivity index (χ1) is 14.0. The summed E-state index contributed by atoms with van der Waals surface area (Å²) in [5.74, 6) is 0.627. The molecule has 7 nitrogen and oxygen atoms in total. The van der Waals surface area contributed by atoms with Crippen LogP contribution in [0.5, 0.6) is 5.75 Å². The van der Waals surface area contributed by atoms with E-state index in [1.807, 2.05) is 31.2 Å². The van der Waals surface area contributed by atoms with Crippen LogP contribution in [0.25, 0.3) is 10.9 Å². The lowest BCUT2D eigenvalue weighted by Crippen LogP contribution is -2.14. The minimum atomic E-state index is -0.560. The highest BCUT2D eigenvalue weighted by Gasteiger charge is 2.22. The fourth-order valence-corrected chi connectivity index (χ4v) is 3.30. The van der Waals surface area contributed by atoms with E-state index in [9.17, 15) is 15.2 Å². The van der Waals surface area contributed by atoms with Crippen molar-refractivity contribution in [2.45, 2.75) is 13.0 Å². The molecule has 2 heterocycles. The Balaban J connectivity index is 1.87. The molecular weight excluding hydrogens is 368 g/mol. The number of hydrogen-bond donors (Lipinski definition) is 2. The summed E-state index contributed by atoms with van der Waals surface area (Å²) in [7, 11) is 0. The molecule has 29 heavy (non-hydrogen) atoms. The lowest BCUT2D eigenvalue weighted by atomic mass is 9.96. The molecule has 0 aliphatic heterocycles. The second kappa shape index (κ2) is 7.55. The third-order valence-electron chi connectivity index (χ3n) is 4.71. The maximum Gasteiger partial charge on any atom is 0.269 e. The number of anilines is 1. The molecule has 144 valence electrons. The van der Waals surface area contributed by atoms with E-state index in [-0.39, 0.29) is 11.4 Å². The van der Waals surface area contributed by atoms with Gasteiger partial charge in [-0.15, -0.1) is 0 Å². The third-order valence-corrected chi connectivity index (χ3v) is 4.71. The average Bonchev–Trinajstić information content (AvgIpc) is 2.73. The summed E-state index contributed by atoms with van der Waals surface area (Å²) in [4.78, 5) is 19.5. The first-order valence-corrected chi connectivity index (χ1v) is 9.03. The molecule has 2 aromatic carbocycles. The van der Waals surface area contributed by atoms with Crippen LogP contribution in [0.3, 0.4) is 0 Å². The van der Waals surface area contributed by atoms with Gasteiger partial charge in [0.2, 0.25) is 0 Å². The van der Waals surface area contributed by atoms with Gasteiger partial charge in [-0.05, 0) is 36.2 Å². The standard InChI is InChI=1S/C22H18N4O3/c1-14-9-11-23-19(12-14)25-20(16-4-2-6-17(13-16)26(28)29)18-8-7-15-5-3-10-24-21(15)22(18)27/h2-13,20,27H,1H3,(H,23,25)/t20-/m0/s1. The normalized spacial score (nSPS) is 11.9. The first kappa shape index (κ1) is 18.4. The van der Waals surface area contributed by atoms with Crippen LogP contribution in [-0.2, 0) is 0 Å². The smallest absolute Gasteiger partial charge is 0.269 e. The second-order valence-corrected chi connectivity index (χ2v) is 6.73. The van der Waals surface area contributed by atoms with Crippen LogP contribution in [0.1, 0.15) is 22.7 Å². The lowest BCUT2D eigenvalue weighted by molar-refractivity contribution is -0.384. The monoisotopic (exact) mass is 386 g/mol. The summed E-state index contributed by atoms with van der Waals surface area (Å²) in [6.07, 6.45) is 3.30. The first-order valence-electron chi connectivity index (χ1n) is 9.03. The zero-order valence-corrected chi connectivity index (χ0v) is 15.6. The molecule has 1 atom stereocenters. The molecule has 7 heteroatoms. The molecule has 2 aromatic heterocycles. The molecule has 0 bridgehead atoms. The van der Waals surface area contributed by atoms with Gasteiger partial charge < -0.3 is 10.4 Å². The maximum absolute atomic E-state index is 11.3. The number of nitrogens with one attached hydrogen (secondary N) is 1. The molecule has 0 aliphatic rings. The molecule has 0 saturated heterocycles. The Morgan fingerprint density at radius 2 is 1.90 bits per heavy atom. The molecule has 2 N–H and O–H groups in total. The van der Waals surface area contributed by atoms with Gasteiger partial charge in [0.15, 0.2) is 0 Å². The molecule has 0 radical (unpaired) electrons. The van der Waals surface area contributed by atoms with Gasteiger partial charge >= 0.3 is 0 Å². The number of aromatic hydroxyl groups is 1. The Hall–Kier alpha value is -4.00. The summed E-state index contributed by atoms with van der Waals surface area (Å²) in [6.45, 7) is 1.95. The van der Waals surface area contributed by atoms with E-state index in [0.717, 1.165) is 10.9 Å². The zero-order chi connectivity index (χ0) is 20.4. The number of aryl methyl sites for hydroxylation is 1. The van der Waals surface area contributed by atoms with Gasteiger partial charge in [0.1, 0.15) is 17.1 Å². The van der Waals surface area contributed by atoms with Crippen LogP contribution in [0, 0.1) is 17.0 Å². The van der Waals surface area contributed by atoms with Crippen LogP contribution < -0.4 is 5.32 Å². The van der Waals surface area contributed by atoms with E-state index < -0.39 is 11.0 Å². The second-order valence-electron chi connectivity index (χ2n) is 6.73. The summed E-state index contributed by atoms with van der Waals surface area (Å²) in [5, 5.41) is 26.3. The SMILES string of the molecule is Cc1ccnc(N[C@@H](c2cccc([N+](=O)[O-])c2)c2ccc3cccnc3c2O)c1. The number of nitro groups is 1. The molecule has 0 amide bonds. The van der Waals surface area contributed by atoms with Gasteiger partial charge in [-0.3, -0.25) is 15.1 Å². The van der Waals surface area contributed by atoms with Gasteiger partial charge in [0, 0.05) is 35.5 Å². The highest BCUT2D eigenvalue weighted by molar-refractivity contribution is 5.86. The number of benzene rings is 2. The predicted molar refractivity (Wildman–Crippen MR) is 111 cm³/mol. The Bertz CT molecular complexity index is 1210. The molecule has 0 unspecified atom stereocenters. The number of pyridine rings is 2. The molecule has 4 aromatic rings. The van der Waals surface area contributed by atoms with E-state index in [1.165, 1.54) is 12.1 Å². The van der Waals surface area contributed by atoms with Crippen LogP contribution in [0.15, 0.2) is 73.1 Å². The number of hydrogen-bond acceptors (Lipinski definition) is 6. The number of aromatic nitrogens is 2. The van der Waals surface area contributed by atoms with E-state index in [0.29, 0.717) is 22.5 Å². The fraction of sp³-hybridized carbons (Fsp3) is 0.0909. The molecular formula is C22H18N4O3. The van der Waals surface area contributed by atoms with E-state index >= 15 is 0 Å². The van der Waals surface area contributed by atoms with Crippen molar-refractivity contribution < 1.29 is 10.0 Å². The summed E-state index contributed by atoms with van der Waals surface area (Å²) < 4.78 is 0. The number of fused-ring (bicyclic) bond motifs is 1. The van der Waals surface area contributed by atoms with Crippen LogP contribution in [-0.4, -0.2) is 20.0 Å². The van der Waals surface area contributed by atoms with Crippen molar-refractivity contribution in [2.24, 2.45) is 0 Å². The van der Waals surface area contributed by atoms with Crippen LogP contribution in [0.2, 0.25) is 0 Å². The highest BCUT2D eigenvalue weighted by Crippen LogP contribution is 2.37. The zero-order valence-electron chi connectivity index (χ0n) is 15.6. The number of nitrogens with zero attached hydrogens (tertiary/aromatic N) is 3. The molecule has 0 spiro atoms. The van der Waals surface area contributed by atoms with Gasteiger partial charge in [-0.1, -0.05) is 30.3 Å². The van der Waals surface area contributed by atoms with Gasteiger partial charge in [-0.2, -0.15) is 0 Å². The van der Waals surface area contributed by atoms with Gasteiger partial charge in [0.05, 0.1) is 11.0 Å². The molecule has 0 aliphatic carbocycles. The average molecular weight is 386 g/mol. The number of rotatable bonds is 5. The van der Waals surface area contributed by atoms with Crippen molar-refractivity contribution >= 4 is 22.4 Å².